The fourth-order valence-corrected chi connectivity index (χ4v) is 3.29. The Balaban J connectivity index is 1.70. The van der Waals surface area contributed by atoms with Gasteiger partial charge in [0.1, 0.15) is 0 Å². The number of ether oxygens (including phenoxy) is 1. The van der Waals surface area contributed by atoms with E-state index in [2.05, 4.69) is 5.32 Å². The molecule has 0 bridgehead atoms. The van der Waals surface area contributed by atoms with Crippen LogP contribution in [0.1, 0.15) is 22.3 Å². The molecule has 0 aliphatic carbocycles. The fourth-order valence-electron chi connectivity index (χ4n) is 3.16. The smallest absolute Gasteiger partial charge is 0.324 e. The van der Waals surface area contributed by atoms with Crippen LogP contribution in [0.15, 0.2) is 48.5 Å². The molecular formula is C21H24ClN3O3. The predicted octanol–water partition coefficient (Wildman–Crippen LogP) is 3.55. The first kappa shape index (κ1) is 20.2. The van der Waals surface area contributed by atoms with E-state index in [1.165, 1.54) is 0 Å². The van der Waals surface area contributed by atoms with Gasteiger partial charge in [0, 0.05) is 49.6 Å². The maximum atomic E-state index is 13.0. The zero-order chi connectivity index (χ0) is 19.9. The van der Waals surface area contributed by atoms with Crippen LogP contribution in [0.25, 0.3) is 0 Å². The summed E-state index contributed by atoms with van der Waals surface area (Å²) in [6, 6.07) is 14.6. The summed E-state index contributed by atoms with van der Waals surface area (Å²) < 4.78 is 4.95. The van der Waals surface area contributed by atoms with E-state index in [1.54, 1.807) is 30.2 Å². The van der Waals surface area contributed by atoms with Crippen LogP contribution in [0, 0.1) is 0 Å². The van der Waals surface area contributed by atoms with Crippen molar-refractivity contribution >= 4 is 29.2 Å². The summed E-state index contributed by atoms with van der Waals surface area (Å²) in [4.78, 5) is 28.8. The Morgan fingerprint density at radius 1 is 1.18 bits per heavy atom. The molecule has 0 aromatic heterocycles. The van der Waals surface area contributed by atoms with Gasteiger partial charge in [0.25, 0.3) is 5.91 Å². The van der Waals surface area contributed by atoms with Crippen LogP contribution in [0.4, 0.5) is 10.5 Å². The van der Waals surface area contributed by atoms with Gasteiger partial charge >= 0.3 is 6.03 Å². The first-order valence-corrected chi connectivity index (χ1v) is 9.64. The van der Waals surface area contributed by atoms with Crippen LogP contribution in [0.5, 0.6) is 0 Å². The number of benzene rings is 2. The second kappa shape index (κ2) is 9.57. The lowest BCUT2D eigenvalue weighted by Crippen LogP contribution is -2.49. The lowest BCUT2D eigenvalue weighted by molar-refractivity contribution is 0.0937. The molecule has 1 heterocycles. The van der Waals surface area contributed by atoms with Gasteiger partial charge in [-0.1, -0.05) is 29.8 Å². The van der Waals surface area contributed by atoms with E-state index in [0.29, 0.717) is 43.4 Å². The molecule has 1 aliphatic rings. The highest BCUT2D eigenvalue weighted by atomic mass is 35.5. The number of carbonyl (C=O) groups excluding carboxylic acids is 2. The van der Waals surface area contributed by atoms with Gasteiger partial charge in [0.2, 0.25) is 0 Å². The molecular weight excluding hydrogens is 378 g/mol. The lowest BCUT2D eigenvalue weighted by Gasteiger charge is -2.35. The first-order valence-electron chi connectivity index (χ1n) is 9.26. The number of urea groups is 1. The average Bonchev–Trinajstić information content (AvgIpc) is 2.71. The second-order valence-electron chi connectivity index (χ2n) is 6.63. The number of hydrogen-bond donors (Lipinski definition) is 1. The topological polar surface area (TPSA) is 61.9 Å². The number of methoxy groups -OCH3 is 1. The minimum atomic E-state index is -0.179. The van der Waals surface area contributed by atoms with Gasteiger partial charge in [-0.3, -0.25) is 9.69 Å². The molecule has 1 N–H and O–H groups in total. The van der Waals surface area contributed by atoms with Crippen LogP contribution in [-0.2, 0) is 11.3 Å². The largest absolute Gasteiger partial charge is 0.383 e. The van der Waals surface area contributed by atoms with Gasteiger partial charge in [-0.15, -0.1) is 0 Å². The molecule has 0 saturated carbocycles. The Morgan fingerprint density at radius 2 is 1.96 bits per heavy atom. The number of nitrogens with zero attached hydrogens (tertiary/aromatic N) is 2. The zero-order valence-corrected chi connectivity index (χ0v) is 16.6. The SMILES string of the molecule is COCCNC(=O)c1cccc(N2CCCN(Cc3ccc(Cl)cc3)C2=O)c1. The highest BCUT2D eigenvalue weighted by Crippen LogP contribution is 2.23. The molecule has 0 atom stereocenters. The van der Waals surface area contributed by atoms with Gasteiger partial charge in [-0.2, -0.15) is 0 Å². The average molecular weight is 402 g/mol. The molecule has 7 heteroatoms. The zero-order valence-electron chi connectivity index (χ0n) is 15.9. The summed E-state index contributed by atoms with van der Waals surface area (Å²) in [6.45, 7) is 2.76. The number of rotatable bonds is 7. The number of carbonyl (C=O) groups is 2. The summed E-state index contributed by atoms with van der Waals surface area (Å²) in [7, 11) is 1.59. The van der Waals surface area contributed by atoms with Crippen molar-refractivity contribution in [3.8, 4) is 0 Å². The van der Waals surface area contributed by atoms with Crippen LogP contribution in [0.2, 0.25) is 5.02 Å². The van der Waals surface area contributed by atoms with Crippen LogP contribution >= 0.6 is 11.6 Å². The Kier molecular flexibility index (Phi) is 6.90. The molecule has 6 nitrogen and oxygen atoms in total. The van der Waals surface area contributed by atoms with Crippen molar-refractivity contribution in [2.75, 3.05) is 38.3 Å². The van der Waals surface area contributed by atoms with E-state index < -0.39 is 0 Å². The molecule has 3 rings (SSSR count). The van der Waals surface area contributed by atoms with Crippen molar-refractivity contribution < 1.29 is 14.3 Å². The molecule has 148 valence electrons. The maximum Gasteiger partial charge on any atom is 0.324 e. The minimum absolute atomic E-state index is 0.0573. The third-order valence-corrected chi connectivity index (χ3v) is 4.86. The quantitative estimate of drug-likeness (QED) is 0.722. The maximum absolute atomic E-state index is 13.0. The number of nitrogens with one attached hydrogen (secondary N) is 1. The molecule has 0 radical (unpaired) electrons. The number of anilines is 1. The summed E-state index contributed by atoms with van der Waals surface area (Å²) in [5.74, 6) is -0.179. The number of hydrogen-bond acceptors (Lipinski definition) is 3. The van der Waals surface area contributed by atoms with Gasteiger partial charge in [0.15, 0.2) is 0 Å². The van der Waals surface area contributed by atoms with Gasteiger partial charge in [0.05, 0.1) is 6.61 Å². The van der Waals surface area contributed by atoms with Crippen molar-refractivity contribution in [3.05, 3.63) is 64.7 Å². The Labute approximate surface area is 170 Å². The van der Waals surface area contributed by atoms with E-state index in [-0.39, 0.29) is 11.9 Å². The van der Waals surface area contributed by atoms with E-state index in [4.69, 9.17) is 16.3 Å². The summed E-state index contributed by atoms with van der Waals surface area (Å²) in [5.41, 5.74) is 2.28. The van der Waals surface area contributed by atoms with Crippen molar-refractivity contribution in [1.82, 2.24) is 10.2 Å². The van der Waals surface area contributed by atoms with Crippen LogP contribution in [-0.4, -0.2) is 50.2 Å². The summed E-state index contributed by atoms with van der Waals surface area (Å²) >= 11 is 5.94. The van der Waals surface area contributed by atoms with E-state index in [1.807, 2.05) is 35.2 Å². The lowest BCUT2D eigenvalue weighted by atomic mass is 10.1. The standard InChI is InChI=1S/C21H24ClN3O3/c1-28-13-10-23-20(26)17-4-2-5-19(14-17)25-12-3-11-24(21(25)27)15-16-6-8-18(22)9-7-16/h2,4-9,14H,3,10-13,15H2,1H3,(H,23,26). The monoisotopic (exact) mass is 401 g/mol. The van der Waals surface area contributed by atoms with Gasteiger partial charge < -0.3 is 15.0 Å². The highest BCUT2D eigenvalue weighted by Gasteiger charge is 2.27. The van der Waals surface area contributed by atoms with Crippen LogP contribution in [0.3, 0.4) is 0 Å². The number of halogens is 1. The molecule has 1 saturated heterocycles. The molecule has 28 heavy (non-hydrogen) atoms. The highest BCUT2D eigenvalue weighted by molar-refractivity contribution is 6.30. The first-order chi connectivity index (χ1) is 13.6. The Morgan fingerprint density at radius 3 is 2.71 bits per heavy atom. The summed E-state index contributed by atoms with van der Waals surface area (Å²) in [6.07, 6.45) is 0.865. The second-order valence-corrected chi connectivity index (χ2v) is 7.07. The fraction of sp³-hybridized carbons (Fsp3) is 0.333. The van der Waals surface area contributed by atoms with Crippen molar-refractivity contribution in [2.24, 2.45) is 0 Å². The summed E-state index contributed by atoms with van der Waals surface area (Å²) in [5, 5.41) is 3.48. The third kappa shape index (κ3) is 5.03. The van der Waals surface area contributed by atoms with E-state index >= 15 is 0 Å². The molecule has 1 aliphatic heterocycles. The normalized spacial score (nSPS) is 14.3. The van der Waals surface area contributed by atoms with Gasteiger partial charge in [-0.05, 0) is 42.3 Å². The molecule has 2 aromatic carbocycles. The predicted molar refractivity (Wildman–Crippen MR) is 110 cm³/mol. The van der Waals surface area contributed by atoms with Crippen molar-refractivity contribution in [3.63, 3.8) is 0 Å². The minimum Gasteiger partial charge on any atom is -0.383 e. The molecule has 2 aromatic rings. The van der Waals surface area contributed by atoms with Crippen LogP contribution < -0.4 is 10.2 Å². The van der Waals surface area contributed by atoms with Crippen molar-refractivity contribution in [1.29, 1.82) is 0 Å². The molecule has 0 unspecified atom stereocenters. The number of amides is 3. The Hall–Kier alpha value is -2.57. The third-order valence-electron chi connectivity index (χ3n) is 4.61. The van der Waals surface area contributed by atoms with Gasteiger partial charge in [-0.25, -0.2) is 4.79 Å². The van der Waals surface area contributed by atoms with E-state index in [9.17, 15) is 9.59 Å². The molecule has 3 amide bonds. The van der Waals surface area contributed by atoms with Crippen molar-refractivity contribution in [2.45, 2.75) is 13.0 Å². The molecule has 0 spiro atoms. The van der Waals surface area contributed by atoms with E-state index in [0.717, 1.165) is 17.7 Å². The molecule has 1 fully saturated rings. The Bertz CT molecular complexity index is 826.